The van der Waals surface area contributed by atoms with Gasteiger partial charge in [0.15, 0.2) is 0 Å². The Balaban J connectivity index is 2.74. The fourth-order valence-electron chi connectivity index (χ4n) is 1.23. The first-order valence-electron chi connectivity index (χ1n) is 5.06. The maximum Gasteiger partial charge on any atom is 0.242 e. The summed E-state index contributed by atoms with van der Waals surface area (Å²) >= 11 is 0. The van der Waals surface area contributed by atoms with Crippen molar-refractivity contribution in [2.45, 2.75) is 25.4 Å². The molecule has 0 radical (unpaired) electrons. The van der Waals surface area contributed by atoms with Crippen LogP contribution in [0.25, 0.3) is 0 Å². The van der Waals surface area contributed by atoms with E-state index in [2.05, 4.69) is 11.2 Å². The number of nitrogens with one attached hydrogen (secondary N) is 1. The molecule has 84 valence electrons. The predicted molar refractivity (Wildman–Crippen MR) is 64.4 cm³/mol. The van der Waals surface area contributed by atoms with Gasteiger partial charge in [-0.2, -0.15) is 0 Å². The highest BCUT2D eigenvalue weighted by Crippen LogP contribution is 2.11. The Kier molecular flexibility index (Phi) is 3.70. The summed E-state index contributed by atoms with van der Waals surface area (Å²) in [5, 5.41) is 2.70. The molecule has 0 unspecified atom stereocenters. The van der Waals surface area contributed by atoms with Crippen molar-refractivity contribution in [3.8, 4) is 12.3 Å². The molecule has 16 heavy (non-hydrogen) atoms. The van der Waals surface area contributed by atoms with Gasteiger partial charge in [0.25, 0.3) is 0 Å². The number of carbonyl (C=O) groups excluding carboxylic acids is 1. The van der Waals surface area contributed by atoms with Gasteiger partial charge in [-0.1, -0.05) is 36.3 Å². The van der Waals surface area contributed by atoms with Gasteiger partial charge < -0.3 is 11.1 Å². The molecular weight excluding hydrogens is 200 g/mol. The number of terminal acetylenes is 1. The van der Waals surface area contributed by atoms with Crippen LogP contribution in [-0.4, -0.2) is 11.4 Å². The summed E-state index contributed by atoms with van der Waals surface area (Å²) in [6.45, 7) is 3.51. The summed E-state index contributed by atoms with van der Waals surface area (Å²) in [5.74, 6) is 2.22. The van der Waals surface area contributed by atoms with Gasteiger partial charge in [-0.15, -0.1) is 6.42 Å². The summed E-state index contributed by atoms with van der Waals surface area (Å²) < 4.78 is 0. The topological polar surface area (TPSA) is 55.1 Å². The first kappa shape index (κ1) is 12.3. The van der Waals surface area contributed by atoms with Crippen LogP contribution >= 0.6 is 0 Å². The number of nitrogens with two attached hydrogens (primary N) is 1. The second-order valence-corrected chi connectivity index (χ2v) is 4.15. The summed E-state index contributed by atoms with van der Waals surface area (Å²) in [7, 11) is 0. The molecule has 1 rings (SSSR count). The molecule has 3 nitrogen and oxygen atoms in total. The molecule has 0 aliphatic heterocycles. The second kappa shape index (κ2) is 4.82. The van der Waals surface area contributed by atoms with E-state index in [1.54, 1.807) is 13.8 Å². The Hall–Kier alpha value is -1.79. The first-order valence-corrected chi connectivity index (χ1v) is 5.06. The number of hydrogen-bond donors (Lipinski definition) is 2. The third-order valence-corrected chi connectivity index (χ3v) is 2.24. The number of carbonyl (C=O) groups is 1. The molecule has 0 saturated carbocycles. The Labute approximate surface area is 96.0 Å². The van der Waals surface area contributed by atoms with Crippen molar-refractivity contribution in [2.24, 2.45) is 5.73 Å². The maximum atomic E-state index is 11.8. The van der Waals surface area contributed by atoms with E-state index in [4.69, 9.17) is 12.2 Å². The van der Waals surface area contributed by atoms with Crippen LogP contribution in [-0.2, 0) is 4.79 Å². The van der Waals surface area contributed by atoms with Crippen LogP contribution in [0.1, 0.15) is 25.5 Å². The van der Waals surface area contributed by atoms with E-state index in [0.29, 0.717) is 0 Å². The highest BCUT2D eigenvalue weighted by atomic mass is 16.2. The molecule has 1 amide bonds. The zero-order chi connectivity index (χ0) is 12.2. The highest BCUT2D eigenvalue weighted by Gasteiger charge is 2.22. The molecular formula is C13H16N2O. The lowest BCUT2D eigenvalue weighted by atomic mass is 10.0. The van der Waals surface area contributed by atoms with Gasteiger partial charge >= 0.3 is 0 Å². The average Bonchev–Trinajstić information content (AvgIpc) is 2.28. The summed E-state index contributed by atoms with van der Waals surface area (Å²) in [5.41, 5.74) is 5.91. The van der Waals surface area contributed by atoms with Crippen molar-refractivity contribution < 1.29 is 4.79 Å². The summed E-state index contributed by atoms with van der Waals surface area (Å²) in [4.78, 5) is 11.8. The molecule has 0 aliphatic rings. The normalized spacial score (nSPS) is 12.6. The van der Waals surface area contributed by atoms with Crippen LogP contribution in [0.4, 0.5) is 0 Å². The fraction of sp³-hybridized carbons (Fsp3) is 0.308. The van der Waals surface area contributed by atoms with Gasteiger partial charge in [-0.25, -0.2) is 0 Å². The van der Waals surface area contributed by atoms with E-state index in [-0.39, 0.29) is 5.91 Å². The largest absolute Gasteiger partial charge is 0.339 e. The van der Waals surface area contributed by atoms with Gasteiger partial charge in [0.2, 0.25) is 5.91 Å². The zero-order valence-electron chi connectivity index (χ0n) is 9.53. The van der Waals surface area contributed by atoms with Gasteiger partial charge in [0.05, 0.1) is 5.54 Å². The van der Waals surface area contributed by atoms with Crippen LogP contribution in [0.5, 0.6) is 0 Å². The third-order valence-electron chi connectivity index (χ3n) is 2.24. The lowest BCUT2D eigenvalue weighted by molar-refractivity contribution is -0.123. The molecule has 1 aromatic carbocycles. The summed E-state index contributed by atoms with van der Waals surface area (Å²) in [6, 6.07) is 8.50. The van der Waals surface area contributed by atoms with E-state index >= 15 is 0 Å². The van der Waals surface area contributed by atoms with Gasteiger partial charge in [0, 0.05) is 0 Å². The van der Waals surface area contributed by atoms with Gasteiger partial charge in [-0.05, 0) is 19.4 Å². The molecule has 0 bridgehead atoms. The molecule has 0 aliphatic carbocycles. The van der Waals surface area contributed by atoms with E-state index < -0.39 is 11.6 Å². The molecule has 0 spiro atoms. The van der Waals surface area contributed by atoms with Crippen molar-refractivity contribution in [2.75, 3.05) is 0 Å². The Morgan fingerprint density at radius 1 is 1.44 bits per heavy atom. The molecule has 3 N–H and O–H groups in total. The maximum absolute atomic E-state index is 11.8. The lowest BCUT2D eigenvalue weighted by Gasteiger charge is -2.22. The van der Waals surface area contributed by atoms with Crippen molar-refractivity contribution in [3.05, 3.63) is 35.9 Å². The van der Waals surface area contributed by atoms with Crippen molar-refractivity contribution in [1.29, 1.82) is 0 Å². The molecule has 0 fully saturated rings. The van der Waals surface area contributed by atoms with Crippen LogP contribution in [0, 0.1) is 12.3 Å². The van der Waals surface area contributed by atoms with Crippen LogP contribution < -0.4 is 11.1 Å². The van der Waals surface area contributed by atoms with Gasteiger partial charge in [-0.3, -0.25) is 4.79 Å². The molecule has 3 heteroatoms. The molecule has 0 heterocycles. The van der Waals surface area contributed by atoms with E-state index in [1.807, 2.05) is 30.3 Å². The molecule has 0 saturated heterocycles. The van der Waals surface area contributed by atoms with E-state index in [9.17, 15) is 4.79 Å². The van der Waals surface area contributed by atoms with Crippen LogP contribution in [0.15, 0.2) is 30.3 Å². The third kappa shape index (κ3) is 3.11. The highest BCUT2D eigenvalue weighted by molar-refractivity contribution is 5.83. The summed E-state index contributed by atoms with van der Waals surface area (Å²) in [6.07, 6.45) is 5.29. The second-order valence-electron chi connectivity index (χ2n) is 4.15. The van der Waals surface area contributed by atoms with Crippen LogP contribution in [0.2, 0.25) is 0 Å². The van der Waals surface area contributed by atoms with Crippen LogP contribution in [0.3, 0.4) is 0 Å². The smallest absolute Gasteiger partial charge is 0.242 e. The molecule has 1 atom stereocenters. The quantitative estimate of drug-likeness (QED) is 0.746. The number of amides is 1. The zero-order valence-corrected chi connectivity index (χ0v) is 9.53. The molecule has 0 aromatic heterocycles. The van der Waals surface area contributed by atoms with Gasteiger partial charge in [0.1, 0.15) is 6.04 Å². The monoisotopic (exact) mass is 216 g/mol. The number of rotatable bonds is 3. The number of hydrogen-bond acceptors (Lipinski definition) is 2. The Morgan fingerprint density at radius 2 is 2.00 bits per heavy atom. The lowest BCUT2D eigenvalue weighted by Crippen LogP contribution is -2.46. The predicted octanol–water partition coefficient (Wildman–Crippen LogP) is 1.21. The fourth-order valence-corrected chi connectivity index (χ4v) is 1.23. The van der Waals surface area contributed by atoms with Crippen molar-refractivity contribution >= 4 is 5.91 Å². The minimum absolute atomic E-state index is 0.269. The minimum atomic E-state index is -0.686. The van der Waals surface area contributed by atoms with Crippen molar-refractivity contribution in [1.82, 2.24) is 5.32 Å². The average molecular weight is 216 g/mol. The van der Waals surface area contributed by atoms with E-state index in [0.717, 1.165) is 5.56 Å². The number of benzene rings is 1. The van der Waals surface area contributed by atoms with Crippen molar-refractivity contribution in [3.63, 3.8) is 0 Å². The minimum Gasteiger partial charge on any atom is -0.339 e. The Morgan fingerprint density at radius 3 is 2.50 bits per heavy atom. The Bertz CT molecular complexity index is 404. The first-order chi connectivity index (χ1) is 7.46. The standard InChI is InChI=1S/C13H16N2O/c1-4-13(2,3)15-12(16)11(14)10-8-6-5-7-9-10/h1,5-9,11H,14H2,2-3H3,(H,15,16)/t11-/m0/s1. The molecule has 1 aromatic rings. The van der Waals surface area contributed by atoms with E-state index in [1.165, 1.54) is 0 Å². The SMILES string of the molecule is C#CC(C)(C)NC(=O)[C@@H](N)c1ccccc1.